The smallest absolute Gasteiger partial charge is 0.340 e. The molecule has 3 aromatic rings. The van der Waals surface area contributed by atoms with Crippen LogP contribution in [0.1, 0.15) is 55.2 Å². The second-order valence-electron chi connectivity index (χ2n) is 9.12. The van der Waals surface area contributed by atoms with E-state index in [0.717, 1.165) is 16.3 Å². The van der Waals surface area contributed by atoms with Crippen LogP contribution in [0.25, 0.3) is 10.8 Å². The highest BCUT2D eigenvalue weighted by molar-refractivity contribution is 5.93. The quantitative estimate of drug-likeness (QED) is 0.541. The van der Waals surface area contributed by atoms with Crippen molar-refractivity contribution >= 4 is 28.4 Å². The first kappa shape index (κ1) is 22.9. The van der Waals surface area contributed by atoms with Gasteiger partial charge in [-0.15, -0.1) is 0 Å². The number of pyridine rings is 3. The molecule has 4 rings (SSSR count). The van der Waals surface area contributed by atoms with E-state index in [9.17, 15) is 4.79 Å². The van der Waals surface area contributed by atoms with Gasteiger partial charge in [0.25, 0.3) is 0 Å². The molecule has 0 saturated heterocycles. The van der Waals surface area contributed by atoms with Gasteiger partial charge in [0.15, 0.2) is 0 Å². The summed E-state index contributed by atoms with van der Waals surface area (Å²) >= 11 is 0. The molecule has 0 aromatic carbocycles. The largest absolute Gasteiger partial charge is 0.481 e. The van der Waals surface area contributed by atoms with Crippen molar-refractivity contribution in [1.82, 2.24) is 15.0 Å². The fraction of sp³-hybridized carbons (Fsp3) is 0.417. The van der Waals surface area contributed by atoms with Crippen molar-refractivity contribution in [3.05, 3.63) is 47.4 Å². The van der Waals surface area contributed by atoms with Gasteiger partial charge in [-0.2, -0.15) is 0 Å². The number of ether oxygens (including phenoxy) is 3. The summed E-state index contributed by atoms with van der Waals surface area (Å²) in [6, 6.07) is 5.36. The molecule has 0 aliphatic carbocycles. The second kappa shape index (κ2) is 8.24. The number of nitrogens with one attached hydrogen (secondary N) is 1. The minimum atomic E-state index is -0.768. The van der Waals surface area contributed by atoms with E-state index < -0.39 is 11.1 Å². The number of esters is 1. The number of carbonyl (C=O) groups excluding carboxylic acids is 1. The highest BCUT2D eigenvalue weighted by atomic mass is 16.6. The molecule has 0 radical (unpaired) electrons. The number of nitrogens with zero attached hydrogens (tertiary/aromatic N) is 3. The van der Waals surface area contributed by atoms with Crippen LogP contribution < -0.4 is 15.8 Å². The van der Waals surface area contributed by atoms with E-state index in [0.29, 0.717) is 35.4 Å². The zero-order chi connectivity index (χ0) is 24.0. The van der Waals surface area contributed by atoms with E-state index in [4.69, 9.17) is 24.9 Å². The molecule has 0 saturated carbocycles. The van der Waals surface area contributed by atoms with Crippen LogP contribution in [0.3, 0.4) is 0 Å². The van der Waals surface area contributed by atoms with Gasteiger partial charge in [0.05, 0.1) is 35.9 Å². The van der Waals surface area contributed by atoms with Crippen molar-refractivity contribution in [1.29, 1.82) is 0 Å². The van der Waals surface area contributed by atoms with Crippen LogP contribution in [-0.4, -0.2) is 47.3 Å². The molecular formula is C24H29N5O4. The van der Waals surface area contributed by atoms with E-state index >= 15 is 0 Å². The number of carbonyl (C=O) groups is 1. The molecule has 3 N–H and O–H groups in total. The van der Waals surface area contributed by atoms with E-state index in [-0.39, 0.29) is 11.9 Å². The van der Waals surface area contributed by atoms with Crippen LogP contribution in [-0.2, 0) is 15.0 Å². The standard InChI is InChI=1S/C24H29N5O4/c1-13-20-14(22(30)33-23(13,2)3)7-8-18(29-20)28-19-9-15-16(10-26-19)21(32-6)27-11-17(15)24(4,25)12-31-5/h7-11,13H,12,25H2,1-6H3,(H,26,28,29)/t13-,24-/m1/s1. The topological polar surface area (TPSA) is 121 Å². The fourth-order valence-corrected chi connectivity index (χ4v) is 4.06. The van der Waals surface area contributed by atoms with Gasteiger partial charge in [0, 0.05) is 31.0 Å². The number of methoxy groups -OCH3 is 2. The molecule has 33 heavy (non-hydrogen) atoms. The number of fused-ring (bicyclic) bond motifs is 2. The number of anilines is 2. The predicted octanol–water partition coefficient (Wildman–Crippen LogP) is 3.65. The van der Waals surface area contributed by atoms with E-state index in [1.54, 1.807) is 38.7 Å². The molecule has 174 valence electrons. The Labute approximate surface area is 192 Å². The van der Waals surface area contributed by atoms with Gasteiger partial charge < -0.3 is 25.3 Å². The second-order valence-corrected chi connectivity index (χ2v) is 9.12. The Bertz CT molecular complexity index is 1220. The Hall–Kier alpha value is -3.30. The molecule has 4 heterocycles. The third kappa shape index (κ3) is 4.09. The molecule has 1 aliphatic heterocycles. The van der Waals surface area contributed by atoms with Gasteiger partial charge in [-0.3, -0.25) is 0 Å². The SMILES string of the molecule is COC[C@@](C)(N)c1cnc(OC)c2cnc(Nc3ccc4c(n3)[C@@H](C)C(C)(C)OC4=O)cc12. The number of rotatable bonds is 6. The number of hydrogen-bond donors (Lipinski definition) is 2. The average Bonchev–Trinajstić information content (AvgIpc) is 2.76. The molecule has 3 aromatic heterocycles. The average molecular weight is 452 g/mol. The molecule has 9 heteroatoms. The van der Waals surface area contributed by atoms with Gasteiger partial charge in [-0.05, 0) is 44.4 Å². The highest BCUT2D eigenvalue weighted by Gasteiger charge is 2.40. The Balaban J connectivity index is 1.76. The summed E-state index contributed by atoms with van der Waals surface area (Å²) in [5, 5.41) is 4.83. The van der Waals surface area contributed by atoms with Gasteiger partial charge in [0.1, 0.15) is 17.2 Å². The van der Waals surface area contributed by atoms with Gasteiger partial charge in [-0.1, -0.05) is 6.92 Å². The lowest BCUT2D eigenvalue weighted by Gasteiger charge is -2.36. The number of cyclic esters (lactones) is 1. The number of nitrogens with two attached hydrogens (primary N) is 1. The molecule has 0 bridgehead atoms. The first-order valence-electron chi connectivity index (χ1n) is 10.7. The lowest BCUT2D eigenvalue weighted by Crippen LogP contribution is -2.39. The first-order valence-corrected chi connectivity index (χ1v) is 10.7. The zero-order valence-corrected chi connectivity index (χ0v) is 19.7. The summed E-state index contributed by atoms with van der Waals surface area (Å²) in [5.41, 5.74) is 7.12. The summed E-state index contributed by atoms with van der Waals surface area (Å²) in [6.45, 7) is 7.98. The van der Waals surface area contributed by atoms with Gasteiger partial charge in [-0.25, -0.2) is 19.7 Å². The van der Waals surface area contributed by atoms with Crippen LogP contribution in [0.2, 0.25) is 0 Å². The van der Waals surface area contributed by atoms with Crippen LogP contribution in [0.5, 0.6) is 5.88 Å². The van der Waals surface area contributed by atoms with Crippen LogP contribution >= 0.6 is 0 Å². The maximum absolute atomic E-state index is 12.4. The first-order chi connectivity index (χ1) is 15.6. The number of hydrogen-bond acceptors (Lipinski definition) is 9. The monoisotopic (exact) mass is 451 g/mol. The van der Waals surface area contributed by atoms with E-state index in [1.165, 1.54) is 0 Å². The summed E-state index contributed by atoms with van der Waals surface area (Å²) in [7, 11) is 3.17. The predicted molar refractivity (Wildman–Crippen MR) is 125 cm³/mol. The van der Waals surface area contributed by atoms with Crippen molar-refractivity contribution in [2.45, 2.75) is 44.8 Å². The minimum absolute atomic E-state index is 0.0644. The molecule has 0 fully saturated rings. The number of aromatic nitrogens is 3. The summed E-state index contributed by atoms with van der Waals surface area (Å²) in [5.74, 6) is 1.18. The van der Waals surface area contributed by atoms with Crippen molar-refractivity contribution < 1.29 is 19.0 Å². The zero-order valence-electron chi connectivity index (χ0n) is 19.7. The minimum Gasteiger partial charge on any atom is -0.481 e. The molecule has 0 unspecified atom stereocenters. The fourth-order valence-electron chi connectivity index (χ4n) is 4.06. The maximum Gasteiger partial charge on any atom is 0.340 e. The highest BCUT2D eigenvalue weighted by Crippen LogP contribution is 2.38. The molecular weight excluding hydrogens is 422 g/mol. The Morgan fingerprint density at radius 2 is 1.94 bits per heavy atom. The normalized spacial score (nSPS) is 18.9. The van der Waals surface area contributed by atoms with Crippen molar-refractivity contribution in [2.24, 2.45) is 5.73 Å². The van der Waals surface area contributed by atoms with Crippen LogP contribution in [0, 0.1) is 0 Å². The van der Waals surface area contributed by atoms with E-state index in [2.05, 4.69) is 15.3 Å². The van der Waals surface area contributed by atoms with Crippen molar-refractivity contribution in [2.75, 3.05) is 26.1 Å². The van der Waals surface area contributed by atoms with Crippen molar-refractivity contribution in [3.8, 4) is 5.88 Å². The Morgan fingerprint density at radius 1 is 1.18 bits per heavy atom. The Morgan fingerprint density at radius 3 is 2.64 bits per heavy atom. The molecule has 9 nitrogen and oxygen atoms in total. The lowest BCUT2D eigenvalue weighted by atomic mass is 9.84. The summed E-state index contributed by atoms with van der Waals surface area (Å²) in [4.78, 5) is 26.0. The third-order valence-electron chi connectivity index (χ3n) is 6.20. The molecule has 0 amide bonds. The molecule has 2 atom stereocenters. The van der Waals surface area contributed by atoms with E-state index in [1.807, 2.05) is 33.8 Å². The maximum atomic E-state index is 12.4. The summed E-state index contributed by atoms with van der Waals surface area (Å²) in [6.07, 6.45) is 3.40. The Kier molecular flexibility index (Phi) is 5.71. The molecule has 0 spiro atoms. The molecule has 1 aliphatic rings. The van der Waals surface area contributed by atoms with Gasteiger partial charge in [0.2, 0.25) is 5.88 Å². The van der Waals surface area contributed by atoms with Crippen LogP contribution in [0.4, 0.5) is 11.6 Å². The van der Waals surface area contributed by atoms with Crippen molar-refractivity contribution in [3.63, 3.8) is 0 Å². The summed E-state index contributed by atoms with van der Waals surface area (Å²) < 4.78 is 16.3. The van der Waals surface area contributed by atoms with Gasteiger partial charge >= 0.3 is 5.97 Å². The third-order valence-corrected chi connectivity index (χ3v) is 6.20. The lowest BCUT2D eigenvalue weighted by molar-refractivity contribution is -0.0189. The van der Waals surface area contributed by atoms with Crippen LogP contribution in [0.15, 0.2) is 30.6 Å².